The molecule has 1 fully saturated rings. The van der Waals surface area contributed by atoms with Crippen LogP contribution in [0.1, 0.15) is 33.6 Å². The molecular formula is C11H16NO5-. The summed E-state index contributed by atoms with van der Waals surface area (Å²) >= 11 is 0. The fourth-order valence-electron chi connectivity index (χ4n) is 1.58. The SMILES string of the molecule is CC(C)(C)OC(=O)N1CCC(=O)C[C@H]1C(=O)[O-]. The molecule has 96 valence electrons. The molecule has 0 aromatic carbocycles. The summed E-state index contributed by atoms with van der Waals surface area (Å²) in [5.74, 6) is -1.61. The largest absolute Gasteiger partial charge is 0.548 e. The van der Waals surface area contributed by atoms with E-state index in [1.807, 2.05) is 0 Å². The number of ketones is 1. The fraction of sp³-hybridized carbons (Fsp3) is 0.727. The molecule has 1 heterocycles. The molecule has 0 aromatic heterocycles. The highest BCUT2D eigenvalue weighted by Crippen LogP contribution is 2.18. The van der Waals surface area contributed by atoms with E-state index >= 15 is 0 Å². The summed E-state index contributed by atoms with van der Waals surface area (Å²) < 4.78 is 5.08. The van der Waals surface area contributed by atoms with E-state index in [1.54, 1.807) is 20.8 Å². The Morgan fingerprint density at radius 1 is 1.41 bits per heavy atom. The van der Waals surface area contributed by atoms with Gasteiger partial charge in [-0.1, -0.05) is 0 Å². The lowest BCUT2D eigenvalue weighted by atomic mass is 10.0. The van der Waals surface area contributed by atoms with Gasteiger partial charge < -0.3 is 14.6 Å². The Labute approximate surface area is 99.5 Å². The Balaban J connectivity index is 2.76. The van der Waals surface area contributed by atoms with Gasteiger partial charge in [0.1, 0.15) is 11.4 Å². The van der Waals surface area contributed by atoms with Crippen molar-refractivity contribution >= 4 is 17.8 Å². The van der Waals surface area contributed by atoms with Crippen molar-refractivity contribution in [2.45, 2.75) is 45.3 Å². The van der Waals surface area contributed by atoms with E-state index < -0.39 is 23.7 Å². The third kappa shape index (κ3) is 3.72. The van der Waals surface area contributed by atoms with Crippen molar-refractivity contribution in [3.05, 3.63) is 0 Å². The van der Waals surface area contributed by atoms with Crippen LogP contribution >= 0.6 is 0 Å². The molecule has 1 aliphatic rings. The zero-order valence-electron chi connectivity index (χ0n) is 10.2. The molecule has 1 rings (SSSR count). The molecule has 0 bridgehead atoms. The van der Waals surface area contributed by atoms with Crippen molar-refractivity contribution in [3.63, 3.8) is 0 Å². The number of carbonyl (C=O) groups is 3. The van der Waals surface area contributed by atoms with Crippen molar-refractivity contribution < 1.29 is 24.2 Å². The third-order valence-corrected chi connectivity index (χ3v) is 2.33. The predicted molar refractivity (Wildman–Crippen MR) is 56.0 cm³/mol. The zero-order valence-corrected chi connectivity index (χ0v) is 10.2. The highest BCUT2D eigenvalue weighted by molar-refractivity contribution is 5.89. The van der Waals surface area contributed by atoms with Crippen LogP contribution in [0, 0.1) is 0 Å². The lowest BCUT2D eigenvalue weighted by Gasteiger charge is -2.36. The first-order valence-electron chi connectivity index (χ1n) is 5.43. The molecule has 1 atom stereocenters. The Morgan fingerprint density at radius 3 is 2.47 bits per heavy atom. The van der Waals surface area contributed by atoms with Crippen molar-refractivity contribution in [1.82, 2.24) is 4.90 Å². The van der Waals surface area contributed by atoms with Crippen LogP contribution in [0.2, 0.25) is 0 Å². The molecule has 1 amide bonds. The van der Waals surface area contributed by atoms with E-state index in [0.29, 0.717) is 0 Å². The van der Waals surface area contributed by atoms with E-state index in [9.17, 15) is 19.5 Å². The number of hydrogen-bond acceptors (Lipinski definition) is 5. The normalized spacial score (nSPS) is 21.2. The van der Waals surface area contributed by atoms with Gasteiger partial charge >= 0.3 is 6.09 Å². The first kappa shape index (κ1) is 13.5. The quantitative estimate of drug-likeness (QED) is 0.630. The number of hydrogen-bond donors (Lipinski definition) is 0. The van der Waals surface area contributed by atoms with Crippen molar-refractivity contribution in [3.8, 4) is 0 Å². The number of amides is 1. The number of likely N-dealkylation sites (tertiary alicyclic amines) is 1. The van der Waals surface area contributed by atoms with Gasteiger partial charge in [0.15, 0.2) is 0 Å². The van der Waals surface area contributed by atoms with Gasteiger partial charge in [-0.05, 0) is 20.8 Å². The first-order chi connectivity index (χ1) is 7.70. The second-order valence-corrected chi connectivity index (χ2v) is 5.00. The number of carbonyl (C=O) groups excluding carboxylic acids is 3. The van der Waals surface area contributed by atoms with E-state index in [2.05, 4.69) is 0 Å². The van der Waals surface area contributed by atoms with Crippen LogP contribution in [0.15, 0.2) is 0 Å². The molecule has 0 unspecified atom stereocenters. The van der Waals surface area contributed by atoms with Gasteiger partial charge in [0.2, 0.25) is 0 Å². The summed E-state index contributed by atoms with van der Waals surface area (Å²) in [6.07, 6.45) is -0.774. The molecule has 17 heavy (non-hydrogen) atoms. The summed E-state index contributed by atoms with van der Waals surface area (Å²) in [5.41, 5.74) is -0.699. The summed E-state index contributed by atoms with van der Waals surface area (Å²) in [4.78, 5) is 34.8. The van der Waals surface area contributed by atoms with Gasteiger partial charge in [0, 0.05) is 19.4 Å². The molecule has 1 saturated heterocycles. The minimum atomic E-state index is -1.43. The number of ether oxygens (including phenoxy) is 1. The van der Waals surface area contributed by atoms with Crippen molar-refractivity contribution in [2.24, 2.45) is 0 Å². The summed E-state index contributed by atoms with van der Waals surface area (Å²) in [6.45, 7) is 5.13. The standard InChI is InChI=1S/C11H17NO5/c1-11(2,3)17-10(16)12-5-4-7(13)6-8(12)9(14)15/h8H,4-6H2,1-3H3,(H,14,15)/p-1/t8-/m0/s1. The Kier molecular flexibility index (Phi) is 3.75. The van der Waals surface area contributed by atoms with Crippen LogP contribution in [0.3, 0.4) is 0 Å². The maximum absolute atomic E-state index is 11.7. The predicted octanol–water partition coefficient (Wildman–Crippen LogP) is -0.295. The maximum atomic E-state index is 11.7. The number of aliphatic carboxylic acids is 1. The molecule has 1 aliphatic heterocycles. The fourth-order valence-corrected chi connectivity index (χ4v) is 1.58. The van der Waals surface area contributed by atoms with E-state index in [0.717, 1.165) is 4.90 Å². The van der Waals surface area contributed by atoms with Crippen LogP contribution in [0.4, 0.5) is 4.79 Å². The number of piperidine rings is 1. The highest BCUT2D eigenvalue weighted by Gasteiger charge is 2.34. The van der Waals surface area contributed by atoms with Crippen LogP contribution in [0.25, 0.3) is 0 Å². The highest BCUT2D eigenvalue weighted by atomic mass is 16.6. The number of carboxylic acids is 1. The van der Waals surface area contributed by atoms with Gasteiger partial charge in [-0.25, -0.2) is 4.79 Å². The second-order valence-electron chi connectivity index (χ2n) is 5.00. The Morgan fingerprint density at radius 2 is 2.00 bits per heavy atom. The molecule has 6 nitrogen and oxygen atoms in total. The van der Waals surface area contributed by atoms with Crippen molar-refractivity contribution in [2.75, 3.05) is 6.54 Å². The van der Waals surface area contributed by atoms with E-state index in [-0.39, 0.29) is 25.2 Å². The molecule has 0 N–H and O–H groups in total. The Hall–Kier alpha value is -1.59. The van der Waals surface area contributed by atoms with Gasteiger partial charge in [0.25, 0.3) is 0 Å². The average Bonchev–Trinajstić information content (AvgIpc) is 2.14. The van der Waals surface area contributed by atoms with Crippen LogP contribution in [-0.2, 0) is 14.3 Å². The zero-order chi connectivity index (χ0) is 13.2. The summed E-state index contributed by atoms with van der Waals surface area (Å²) in [6, 6.07) is -1.22. The van der Waals surface area contributed by atoms with Crippen LogP contribution in [0.5, 0.6) is 0 Å². The monoisotopic (exact) mass is 242 g/mol. The summed E-state index contributed by atoms with van der Waals surface area (Å²) in [7, 11) is 0. The van der Waals surface area contributed by atoms with Gasteiger partial charge in [0.05, 0.1) is 12.0 Å². The summed E-state index contributed by atoms with van der Waals surface area (Å²) in [5, 5.41) is 10.9. The molecule has 0 saturated carbocycles. The minimum absolute atomic E-state index is 0.0619. The average molecular weight is 242 g/mol. The lowest BCUT2D eigenvalue weighted by Crippen LogP contribution is -2.55. The molecule has 0 spiro atoms. The Bertz CT molecular complexity index is 344. The number of Topliss-reactive ketones (excluding diaryl/α,β-unsaturated/α-hetero) is 1. The molecule has 0 aliphatic carbocycles. The first-order valence-corrected chi connectivity index (χ1v) is 5.43. The van der Waals surface area contributed by atoms with Gasteiger partial charge in [-0.3, -0.25) is 9.69 Å². The van der Waals surface area contributed by atoms with Crippen LogP contribution in [-0.4, -0.2) is 40.9 Å². The molecule has 0 aromatic rings. The lowest BCUT2D eigenvalue weighted by molar-refractivity contribution is -0.311. The maximum Gasteiger partial charge on any atom is 0.410 e. The van der Waals surface area contributed by atoms with Gasteiger partial charge in [-0.15, -0.1) is 0 Å². The second kappa shape index (κ2) is 4.73. The molecular weight excluding hydrogens is 226 g/mol. The van der Waals surface area contributed by atoms with E-state index in [1.165, 1.54) is 0 Å². The number of carboxylic acid groups (broad SMARTS) is 1. The number of nitrogens with zero attached hydrogens (tertiary/aromatic N) is 1. The third-order valence-electron chi connectivity index (χ3n) is 2.33. The topological polar surface area (TPSA) is 86.7 Å². The van der Waals surface area contributed by atoms with Crippen LogP contribution < -0.4 is 5.11 Å². The molecule has 0 radical (unpaired) electrons. The van der Waals surface area contributed by atoms with Crippen molar-refractivity contribution in [1.29, 1.82) is 0 Å². The molecule has 6 heteroatoms. The van der Waals surface area contributed by atoms with E-state index in [4.69, 9.17) is 4.74 Å². The minimum Gasteiger partial charge on any atom is -0.548 e. The van der Waals surface area contributed by atoms with Gasteiger partial charge in [-0.2, -0.15) is 0 Å². The smallest absolute Gasteiger partial charge is 0.410 e. The number of rotatable bonds is 1.